The predicted molar refractivity (Wildman–Crippen MR) is 80.3 cm³/mol. The van der Waals surface area contributed by atoms with Gasteiger partial charge in [0.15, 0.2) is 0 Å². The first kappa shape index (κ1) is 15.1. The minimum absolute atomic E-state index is 0.0389. The molecule has 1 aliphatic rings. The predicted octanol–water partition coefficient (Wildman–Crippen LogP) is 2.00. The van der Waals surface area contributed by atoms with Gasteiger partial charge in [0.25, 0.3) is 0 Å². The molecule has 0 spiro atoms. The van der Waals surface area contributed by atoms with Crippen LogP contribution in [-0.2, 0) is 9.59 Å². The normalized spacial score (nSPS) is 18.3. The summed E-state index contributed by atoms with van der Waals surface area (Å²) in [7, 11) is 1.59. The number of amides is 2. The van der Waals surface area contributed by atoms with Crippen LogP contribution in [0, 0.1) is 5.92 Å². The Balaban J connectivity index is 2.42. The molecule has 1 aromatic carbocycles. The smallest absolute Gasteiger partial charge is 0.247 e. The number of methoxy groups -OCH3 is 1. The van der Waals surface area contributed by atoms with E-state index in [-0.39, 0.29) is 17.7 Å². The first-order valence-corrected chi connectivity index (χ1v) is 6.90. The van der Waals surface area contributed by atoms with Gasteiger partial charge >= 0.3 is 0 Å². The molecule has 2 amide bonds. The summed E-state index contributed by atoms with van der Waals surface area (Å²) >= 11 is 0. The fourth-order valence-corrected chi connectivity index (χ4v) is 2.43. The maximum atomic E-state index is 12.3. The van der Waals surface area contributed by atoms with E-state index in [1.807, 2.05) is 38.1 Å². The molecule has 0 aromatic heterocycles. The number of nitrogens with zero attached hydrogens (tertiary/aromatic N) is 1. The molecule has 0 bridgehead atoms. The summed E-state index contributed by atoms with van der Waals surface area (Å²) in [5.74, 6) is 0.421. The van der Waals surface area contributed by atoms with Gasteiger partial charge in [-0.2, -0.15) is 0 Å². The van der Waals surface area contributed by atoms with E-state index in [0.717, 1.165) is 5.56 Å². The van der Waals surface area contributed by atoms with Crippen molar-refractivity contribution in [3.8, 4) is 5.75 Å². The molecule has 112 valence electrons. The van der Waals surface area contributed by atoms with Crippen molar-refractivity contribution in [1.82, 2.24) is 10.2 Å². The van der Waals surface area contributed by atoms with E-state index in [4.69, 9.17) is 4.74 Å². The fourth-order valence-electron chi connectivity index (χ4n) is 2.43. The third kappa shape index (κ3) is 3.07. The number of nitrogens with one attached hydrogen (secondary N) is 1. The van der Waals surface area contributed by atoms with Crippen LogP contribution in [0.2, 0.25) is 0 Å². The van der Waals surface area contributed by atoms with Crippen molar-refractivity contribution in [3.63, 3.8) is 0 Å². The average Bonchev–Trinajstić information content (AvgIpc) is 2.45. The fraction of sp³-hybridized carbons (Fsp3) is 0.375. The van der Waals surface area contributed by atoms with Crippen LogP contribution in [0.15, 0.2) is 30.5 Å². The molecule has 5 nitrogen and oxygen atoms in total. The Kier molecular flexibility index (Phi) is 4.31. The van der Waals surface area contributed by atoms with Crippen LogP contribution in [0.4, 0.5) is 0 Å². The number of carbonyl (C=O) groups is 2. The van der Waals surface area contributed by atoms with E-state index in [9.17, 15) is 9.59 Å². The molecular formula is C16H20N2O3. The summed E-state index contributed by atoms with van der Waals surface area (Å²) in [6, 6.07) is 6.88. The standard InChI is InChI=1S/C16H20N2O3/c1-10(2)15-16(20)17-14(9-18(15)11(3)19)12-6-5-7-13(8-12)21-4/h5-10,15H,1-4H3,(H,17,20)/t15-/m1/s1. The van der Waals surface area contributed by atoms with Gasteiger partial charge in [0.2, 0.25) is 11.8 Å². The summed E-state index contributed by atoms with van der Waals surface area (Å²) in [5.41, 5.74) is 1.40. The Bertz CT molecular complexity index is 593. The lowest BCUT2D eigenvalue weighted by Gasteiger charge is -2.35. The van der Waals surface area contributed by atoms with Crippen molar-refractivity contribution < 1.29 is 14.3 Å². The average molecular weight is 288 g/mol. The molecule has 1 N–H and O–H groups in total. The molecule has 0 fully saturated rings. The second-order valence-corrected chi connectivity index (χ2v) is 5.38. The lowest BCUT2D eigenvalue weighted by molar-refractivity contribution is -0.137. The topological polar surface area (TPSA) is 58.6 Å². The summed E-state index contributed by atoms with van der Waals surface area (Å²) in [6.07, 6.45) is 1.70. The monoisotopic (exact) mass is 288 g/mol. The van der Waals surface area contributed by atoms with E-state index in [2.05, 4.69) is 5.32 Å². The van der Waals surface area contributed by atoms with Gasteiger partial charge in [-0.3, -0.25) is 9.59 Å². The molecule has 0 aliphatic carbocycles. The van der Waals surface area contributed by atoms with Gasteiger partial charge < -0.3 is 15.0 Å². The maximum absolute atomic E-state index is 12.3. The Morgan fingerprint density at radius 2 is 2.10 bits per heavy atom. The Morgan fingerprint density at radius 1 is 1.38 bits per heavy atom. The third-order valence-corrected chi connectivity index (χ3v) is 3.47. The molecule has 21 heavy (non-hydrogen) atoms. The summed E-state index contributed by atoms with van der Waals surface area (Å²) < 4.78 is 5.19. The molecule has 5 heteroatoms. The SMILES string of the molecule is COc1cccc(C2=CN(C(C)=O)[C@H](C(C)C)C(=O)N2)c1. The van der Waals surface area contributed by atoms with Crippen LogP contribution in [0.5, 0.6) is 5.75 Å². The zero-order chi connectivity index (χ0) is 15.6. The van der Waals surface area contributed by atoms with E-state index in [1.165, 1.54) is 11.8 Å². The van der Waals surface area contributed by atoms with Gasteiger partial charge in [-0.05, 0) is 18.1 Å². The number of rotatable bonds is 3. The zero-order valence-corrected chi connectivity index (χ0v) is 12.7. The molecule has 0 saturated heterocycles. The highest BCUT2D eigenvalue weighted by molar-refractivity contribution is 5.96. The quantitative estimate of drug-likeness (QED) is 0.925. The number of hydrogen-bond acceptors (Lipinski definition) is 3. The van der Waals surface area contributed by atoms with E-state index in [1.54, 1.807) is 13.3 Å². The van der Waals surface area contributed by atoms with Crippen LogP contribution in [0.25, 0.3) is 5.70 Å². The van der Waals surface area contributed by atoms with Gasteiger partial charge in [0.05, 0.1) is 12.8 Å². The van der Waals surface area contributed by atoms with Crippen molar-refractivity contribution in [3.05, 3.63) is 36.0 Å². The second-order valence-electron chi connectivity index (χ2n) is 5.38. The van der Waals surface area contributed by atoms with Crippen LogP contribution >= 0.6 is 0 Å². The van der Waals surface area contributed by atoms with Gasteiger partial charge in [-0.1, -0.05) is 26.0 Å². The van der Waals surface area contributed by atoms with Gasteiger partial charge in [-0.25, -0.2) is 0 Å². The van der Waals surface area contributed by atoms with Crippen LogP contribution < -0.4 is 10.1 Å². The number of ether oxygens (including phenoxy) is 1. The lowest BCUT2D eigenvalue weighted by Crippen LogP contribution is -2.52. The van der Waals surface area contributed by atoms with Crippen molar-refractivity contribution in [2.45, 2.75) is 26.8 Å². The maximum Gasteiger partial charge on any atom is 0.247 e. The summed E-state index contributed by atoms with van der Waals surface area (Å²) in [6.45, 7) is 5.31. The van der Waals surface area contributed by atoms with E-state index in [0.29, 0.717) is 11.4 Å². The Labute approximate surface area is 124 Å². The zero-order valence-electron chi connectivity index (χ0n) is 12.7. The third-order valence-electron chi connectivity index (χ3n) is 3.47. The Morgan fingerprint density at radius 3 is 2.67 bits per heavy atom. The highest BCUT2D eigenvalue weighted by Crippen LogP contribution is 2.24. The first-order chi connectivity index (χ1) is 9.93. The highest BCUT2D eigenvalue weighted by Gasteiger charge is 2.34. The summed E-state index contributed by atoms with van der Waals surface area (Å²) in [4.78, 5) is 25.6. The van der Waals surface area contributed by atoms with Crippen LogP contribution in [0.3, 0.4) is 0 Å². The molecule has 1 heterocycles. The lowest BCUT2D eigenvalue weighted by atomic mass is 9.98. The van der Waals surface area contributed by atoms with Crippen molar-refractivity contribution in [2.24, 2.45) is 5.92 Å². The summed E-state index contributed by atoms with van der Waals surface area (Å²) in [5, 5.41) is 2.87. The minimum Gasteiger partial charge on any atom is -0.497 e. The van der Waals surface area contributed by atoms with Crippen LogP contribution in [0.1, 0.15) is 26.3 Å². The molecule has 1 atom stereocenters. The van der Waals surface area contributed by atoms with Crippen molar-refractivity contribution in [2.75, 3.05) is 7.11 Å². The molecule has 0 radical (unpaired) electrons. The van der Waals surface area contributed by atoms with Gasteiger partial charge in [-0.15, -0.1) is 0 Å². The van der Waals surface area contributed by atoms with Crippen molar-refractivity contribution in [1.29, 1.82) is 0 Å². The Hall–Kier alpha value is -2.30. The van der Waals surface area contributed by atoms with Gasteiger partial charge in [0.1, 0.15) is 11.8 Å². The molecule has 2 rings (SSSR count). The van der Waals surface area contributed by atoms with Gasteiger partial charge in [0, 0.05) is 18.7 Å². The number of benzene rings is 1. The van der Waals surface area contributed by atoms with Crippen LogP contribution in [-0.4, -0.2) is 29.9 Å². The van der Waals surface area contributed by atoms with E-state index >= 15 is 0 Å². The minimum atomic E-state index is -0.475. The largest absolute Gasteiger partial charge is 0.497 e. The van der Waals surface area contributed by atoms with Crippen molar-refractivity contribution >= 4 is 17.5 Å². The number of hydrogen-bond donors (Lipinski definition) is 1. The number of carbonyl (C=O) groups excluding carboxylic acids is 2. The molecule has 1 aliphatic heterocycles. The molecular weight excluding hydrogens is 268 g/mol. The second kappa shape index (κ2) is 5.99. The molecule has 0 saturated carbocycles. The highest BCUT2D eigenvalue weighted by atomic mass is 16.5. The molecule has 0 unspecified atom stereocenters. The first-order valence-electron chi connectivity index (χ1n) is 6.90. The van der Waals surface area contributed by atoms with E-state index < -0.39 is 6.04 Å². The molecule has 1 aromatic rings.